The standard InChI is InChI=1S/C20H25Cl2N3O2/c1-11(2)18(26)25-9-8-23-17-15(19(27)24(5)20(17,3)4)16(25)12-6-7-13(21)14(22)10-12/h6-7,10-11,16,23H,8-9H2,1-5H3. The molecular weight excluding hydrogens is 385 g/mol. The number of hydrogen-bond donors (Lipinski definition) is 1. The molecule has 5 nitrogen and oxygen atoms in total. The summed E-state index contributed by atoms with van der Waals surface area (Å²) in [6, 6.07) is 4.80. The molecule has 1 aromatic rings. The quantitative estimate of drug-likeness (QED) is 0.810. The average molecular weight is 410 g/mol. The van der Waals surface area contributed by atoms with Crippen molar-refractivity contribution in [1.29, 1.82) is 0 Å². The first-order valence-electron chi connectivity index (χ1n) is 9.09. The molecule has 27 heavy (non-hydrogen) atoms. The van der Waals surface area contributed by atoms with Gasteiger partial charge in [-0.1, -0.05) is 43.1 Å². The van der Waals surface area contributed by atoms with Crippen molar-refractivity contribution >= 4 is 35.0 Å². The van der Waals surface area contributed by atoms with E-state index in [-0.39, 0.29) is 17.7 Å². The number of amides is 2. The van der Waals surface area contributed by atoms with Crippen LogP contribution in [0.25, 0.3) is 0 Å². The number of halogens is 2. The van der Waals surface area contributed by atoms with E-state index < -0.39 is 11.6 Å². The normalized spacial score (nSPS) is 22.1. The van der Waals surface area contributed by atoms with Crippen LogP contribution in [0.15, 0.2) is 29.5 Å². The zero-order valence-corrected chi connectivity index (χ0v) is 17.8. The molecule has 1 N–H and O–H groups in total. The SMILES string of the molecule is CC(C)C(=O)N1CCNC2=C(C(=O)N(C)C2(C)C)C1c1ccc(Cl)c(Cl)c1. The Kier molecular flexibility index (Phi) is 5.21. The minimum Gasteiger partial charge on any atom is -0.384 e. The van der Waals surface area contributed by atoms with E-state index >= 15 is 0 Å². The van der Waals surface area contributed by atoms with Gasteiger partial charge in [-0.15, -0.1) is 0 Å². The summed E-state index contributed by atoms with van der Waals surface area (Å²) >= 11 is 12.4. The summed E-state index contributed by atoms with van der Waals surface area (Å²) in [7, 11) is 1.79. The van der Waals surface area contributed by atoms with Crippen molar-refractivity contribution in [2.24, 2.45) is 5.92 Å². The van der Waals surface area contributed by atoms with E-state index in [0.717, 1.165) is 11.3 Å². The van der Waals surface area contributed by atoms with Crippen LogP contribution in [0, 0.1) is 5.92 Å². The van der Waals surface area contributed by atoms with Crippen LogP contribution in [0.1, 0.15) is 39.3 Å². The van der Waals surface area contributed by atoms with Crippen molar-refractivity contribution in [3.63, 3.8) is 0 Å². The van der Waals surface area contributed by atoms with Gasteiger partial charge in [0.25, 0.3) is 5.91 Å². The molecule has 7 heteroatoms. The predicted octanol–water partition coefficient (Wildman–Crippen LogP) is 3.63. The largest absolute Gasteiger partial charge is 0.384 e. The van der Waals surface area contributed by atoms with Crippen LogP contribution in [0.3, 0.4) is 0 Å². The minimum absolute atomic E-state index is 0.00165. The predicted molar refractivity (Wildman–Crippen MR) is 108 cm³/mol. The van der Waals surface area contributed by atoms with Crippen molar-refractivity contribution in [2.45, 2.75) is 39.3 Å². The van der Waals surface area contributed by atoms with Crippen LogP contribution in [-0.4, -0.2) is 47.3 Å². The van der Waals surface area contributed by atoms with Gasteiger partial charge in [-0.2, -0.15) is 0 Å². The molecule has 1 aromatic carbocycles. The third-order valence-electron chi connectivity index (χ3n) is 5.53. The molecule has 2 aliphatic rings. The molecule has 0 aliphatic carbocycles. The number of nitrogens with zero attached hydrogens (tertiary/aromatic N) is 2. The summed E-state index contributed by atoms with van der Waals surface area (Å²) in [4.78, 5) is 29.7. The summed E-state index contributed by atoms with van der Waals surface area (Å²) in [5.74, 6) is -0.261. The lowest BCUT2D eigenvalue weighted by atomic mass is 9.92. The molecule has 1 atom stereocenters. The van der Waals surface area contributed by atoms with E-state index in [1.165, 1.54) is 0 Å². The van der Waals surface area contributed by atoms with Gasteiger partial charge in [0.05, 0.1) is 27.2 Å². The van der Waals surface area contributed by atoms with E-state index in [9.17, 15) is 9.59 Å². The molecule has 0 spiro atoms. The van der Waals surface area contributed by atoms with Crippen LogP contribution >= 0.6 is 23.2 Å². The van der Waals surface area contributed by atoms with Gasteiger partial charge in [0.2, 0.25) is 5.91 Å². The number of hydrogen-bond acceptors (Lipinski definition) is 3. The van der Waals surface area contributed by atoms with Crippen LogP contribution < -0.4 is 5.32 Å². The molecule has 0 radical (unpaired) electrons. The monoisotopic (exact) mass is 409 g/mol. The van der Waals surface area contributed by atoms with Gasteiger partial charge in [0.1, 0.15) is 0 Å². The van der Waals surface area contributed by atoms with E-state index in [4.69, 9.17) is 23.2 Å². The summed E-state index contributed by atoms with van der Waals surface area (Å²) in [5, 5.41) is 4.26. The highest BCUT2D eigenvalue weighted by molar-refractivity contribution is 6.42. The number of likely N-dealkylation sites (N-methyl/N-ethyl adjacent to an activating group) is 1. The number of benzene rings is 1. The Hall–Kier alpha value is -1.72. The Bertz CT molecular complexity index is 833. The average Bonchev–Trinajstić information content (AvgIpc) is 2.76. The van der Waals surface area contributed by atoms with Crippen molar-refractivity contribution in [2.75, 3.05) is 20.1 Å². The molecule has 0 saturated heterocycles. The molecular formula is C20H25Cl2N3O2. The van der Waals surface area contributed by atoms with Gasteiger partial charge in [0, 0.05) is 31.8 Å². The van der Waals surface area contributed by atoms with E-state index in [2.05, 4.69) is 5.32 Å². The number of carbonyl (C=O) groups excluding carboxylic acids is 2. The highest BCUT2D eigenvalue weighted by atomic mass is 35.5. The third-order valence-corrected chi connectivity index (χ3v) is 6.27. The Morgan fingerprint density at radius 3 is 2.52 bits per heavy atom. The van der Waals surface area contributed by atoms with Gasteiger partial charge in [0.15, 0.2) is 0 Å². The smallest absolute Gasteiger partial charge is 0.254 e. The molecule has 0 fully saturated rings. The molecule has 146 valence electrons. The van der Waals surface area contributed by atoms with Gasteiger partial charge >= 0.3 is 0 Å². The molecule has 0 saturated carbocycles. The third kappa shape index (κ3) is 3.21. The second-order valence-corrected chi connectivity index (χ2v) is 8.72. The molecule has 2 amide bonds. The lowest BCUT2D eigenvalue weighted by Crippen LogP contribution is -2.46. The van der Waals surface area contributed by atoms with Crippen molar-refractivity contribution < 1.29 is 9.59 Å². The van der Waals surface area contributed by atoms with Gasteiger partial charge in [-0.05, 0) is 31.5 Å². The molecule has 0 bridgehead atoms. The van der Waals surface area contributed by atoms with Gasteiger partial charge < -0.3 is 15.1 Å². The highest BCUT2D eigenvalue weighted by Crippen LogP contribution is 2.43. The molecule has 2 aliphatic heterocycles. The Morgan fingerprint density at radius 1 is 1.26 bits per heavy atom. The fourth-order valence-electron chi connectivity index (χ4n) is 3.79. The zero-order chi connectivity index (χ0) is 20.1. The van der Waals surface area contributed by atoms with Crippen LogP contribution in [0.4, 0.5) is 0 Å². The second kappa shape index (κ2) is 7.02. The Balaban J connectivity index is 2.23. The summed E-state index contributed by atoms with van der Waals surface area (Å²) < 4.78 is 0. The molecule has 1 unspecified atom stereocenters. The summed E-state index contributed by atoms with van der Waals surface area (Å²) in [6.45, 7) is 8.84. The van der Waals surface area contributed by atoms with Crippen molar-refractivity contribution in [3.05, 3.63) is 45.1 Å². The first kappa shape index (κ1) is 20.0. The van der Waals surface area contributed by atoms with E-state index in [0.29, 0.717) is 28.7 Å². The number of rotatable bonds is 2. The summed E-state index contributed by atoms with van der Waals surface area (Å²) in [6.07, 6.45) is 0. The fraction of sp³-hybridized carbons (Fsp3) is 0.500. The van der Waals surface area contributed by atoms with Crippen LogP contribution in [0.2, 0.25) is 10.0 Å². The fourth-order valence-corrected chi connectivity index (χ4v) is 4.09. The van der Waals surface area contributed by atoms with Crippen LogP contribution in [-0.2, 0) is 9.59 Å². The molecule has 2 heterocycles. The van der Waals surface area contributed by atoms with E-state index in [1.807, 2.05) is 33.8 Å². The lowest BCUT2D eigenvalue weighted by Gasteiger charge is -2.34. The van der Waals surface area contributed by atoms with Crippen LogP contribution in [0.5, 0.6) is 0 Å². The zero-order valence-electron chi connectivity index (χ0n) is 16.3. The number of carbonyl (C=O) groups is 2. The Morgan fingerprint density at radius 2 is 1.93 bits per heavy atom. The summed E-state index contributed by atoms with van der Waals surface area (Å²) in [5.41, 5.74) is 1.78. The first-order valence-corrected chi connectivity index (χ1v) is 9.85. The van der Waals surface area contributed by atoms with E-state index in [1.54, 1.807) is 29.0 Å². The highest BCUT2D eigenvalue weighted by Gasteiger charge is 2.49. The van der Waals surface area contributed by atoms with Gasteiger partial charge in [-0.3, -0.25) is 9.59 Å². The maximum atomic E-state index is 13.2. The molecule has 0 aromatic heterocycles. The maximum absolute atomic E-state index is 13.2. The first-order chi connectivity index (χ1) is 12.6. The van der Waals surface area contributed by atoms with Gasteiger partial charge in [-0.25, -0.2) is 0 Å². The van der Waals surface area contributed by atoms with Crippen molar-refractivity contribution in [1.82, 2.24) is 15.1 Å². The maximum Gasteiger partial charge on any atom is 0.254 e. The number of nitrogens with one attached hydrogen (secondary N) is 1. The lowest BCUT2D eigenvalue weighted by molar-refractivity contribution is -0.136. The Labute approximate surface area is 170 Å². The van der Waals surface area contributed by atoms with Crippen molar-refractivity contribution in [3.8, 4) is 0 Å². The minimum atomic E-state index is -0.503. The second-order valence-electron chi connectivity index (χ2n) is 7.90. The molecule has 3 rings (SSSR count). The topological polar surface area (TPSA) is 52.7 Å².